The number of hydrogen-bond donors (Lipinski definition) is 2. The molecule has 3 heterocycles. The first-order valence-corrected chi connectivity index (χ1v) is 8.52. The molecule has 1 amide bonds. The Morgan fingerprint density at radius 1 is 1.38 bits per heavy atom. The molecular weight excluding hydrogens is 302 g/mol. The second kappa shape index (κ2) is 6.73. The summed E-state index contributed by atoms with van der Waals surface area (Å²) in [5, 5.41) is 7.39. The van der Waals surface area contributed by atoms with Gasteiger partial charge < -0.3 is 11.1 Å². The highest BCUT2D eigenvalue weighted by Crippen LogP contribution is 2.31. The number of carbonyl (C=O) groups excluding carboxylic acids is 1. The van der Waals surface area contributed by atoms with E-state index in [2.05, 4.69) is 29.2 Å². The Balaban J connectivity index is 2.08. The summed E-state index contributed by atoms with van der Waals surface area (Å²) in [7, 11) is 1.87. The highest BCUT2D eigenvalue weighted by molar-refractivity contribution is 5.96. The van der Waals surface area contributed by atoms with E-state index in [-0.39, 0.29) is 23.8 Å². The maximum atomic E-state index is 12.8. The summed E-state index contributed by atoms with van der Waals surface area (Å²) in [4.78, 5) is 17.2. The number of fused-ring (bicyclic) bond motifs is 4. The van der Waals surface area contributed by atoms with Crippen LogP contribution in [0.1, 0.15) is 44.8 Å². The molecule has 0 aromatic carbocycles. The summed E-state index contributed by atoms with van der Waals surface area (Å²) >= 11 is 0. The fourth-order valence-corrected chi connectivity index (χ4v) is 3.37. The topological polar surface area (TPSA) is 85.8 Å². The van der Waals surface area contributed by atoms with E-state index in [0.717, 1.165) is 41.9 Å². The average Bonchev–Trinajstić information content (AvgIpc) is 2.90. The van der Waals surface area contributed by atoms with Gasteiger partial charge in [-0.1, -0.05) is 20.3 Å². The lowest BCUT2D eigenvalue weighted by Crippen LogP contribution is -2.27. The minimum absolute atomic E-state index is 0.0315. The number of rotatable bonds is 1. The van der Waals surface area contributed by atoms with Crippen LogP contribution >= 0.6 is 0 Å². The second-order valence-electron chi connectivity index (χ2n) is 6.88. The molecular formula is C18H25N5O. The largest absolute Gasteiger partial charge is 0.323 e. The molecule has 0 spiro atoms. The van der Waals surface area contributed by atoms with Crippen molar-refractivity contribution in [2.75, 3.05) is 5.32 Å². The average molecular weight is 327 g/mol. The first-order chi connectivity index (χ1) is 11.5. The van der Waals surface area contributed by atoms with Crippen LogP contribution < -0.4 is 11.1 Å². The minimum Gasteiger partial charge on any atom is -0.323 e. The molecule has 0 aliphatic carbocycles. The highest BCUT2D eigenvalue weighted by Gasteiger charge is 2.25. The van der Waals surface area contributed by atoms with E-state index in [9.17, 15) is 4.79 Å². The van der Waals surface area contributed by atoms with E-state index in [1.165, 1.54) is 0 Å². The van der Waals surface area contributed by atoms with Crippen molar-refractivity contribution >= 4 is 11.6 Å². The standard InChI is InChI=1S/C18H25N5O/c1-11(2)13-5-4-6-14(19)15-9-12(7-8-20-15)17-16(22-18(13)24)10-21-23(17)3/h7-11,13-14H,4-6,19H2,1-3H3,(H,22,24)/t13-,14-/m0/s1. The number of nitrogens with two attached hydrogens (primary N) is 1. The van der Waals surface area contributed by atoms with Crippen molar-refractivity contribution in [2.45, 2.75) is 39.2 Å². The number of aromatic nitrogens is 3. The molecule has 0 radical (unpaired) electrons. The zero-order valence-electron chi connectivity index (χ0n) is 14.5. The molecule has 128 valence electrons. The molecule has 1 aliphatic heterocycles. The Morgan fingerprint density at radius 3 is 2.92 bits per heavy atom. The number of hydrogen-bond acceptors (Lipinski definition) is 4. The summed E-state index contributed by atoms with van der Waals surface area (Å²) < 4.78 is 1.77. The van der Waals surface area contributed by atoms with Crippen LogP contribution in [0.2, 0.25) is 0 Å². The third-order valence-corrected chi connectivity index (χ3v) is 4.80. The van der Waals surface area contributed by atoms with Crippen molar-refractivity contribution in [1.82, 2.24) is 14.8 Å². The summed E-state index contributed by atoms with van der Waals surface area (Å²) in [6.45, 7) is 4.18. The second-order valence-corrected chi connectivity index (χ2v) is 6.88. The number of aryl methyl sites for hydroxylation is 1. The van der Waals surface area contributed by atoms with Crippen LogP contribution in [0.5, 0.6) is 0 Å². The summed E-state index contributed by atoms with van der Waals surface area (Å²) in [6, 6.07) is 3.81. The number of carbonyl (C=O) groups is 1. The lowest BCUT2D eigenvalue weighted by molar-refractivity contribution is -0.121. The molecule has 2 aromatic rings. The predicted octanol–water partition coefficient (Wildman–Crippen LogP) is 2.88. The molecule has 1 aliphatic rings. The van der Waals surface area contributed by atoms with Gasteiger partial charge >= 0.3 is 0 Å². The van der Waals surface area contributed by atoms with Crippen molar-refractivity contribution in [1.29, 1.82) is 0 Å². The van der Waals surface area contributed by atoms with Gasteiger partial charge in [-0.3, -0.25) is 14.5 Å². The SMILES string of the molecule is CC(C)[C@@H]1CCC[C@H](N)c2cc(ccn2)-c2c(cnn2C)NC1=O. The molecule has 0 unspecified atom stereocenters. The van der Waals surface area contributed by atoms with Gasteiger partial charge in [-0.25, -0.2) is 0 Å². The van der Waals surface area contributed by atoms with Gasteiger partial charge in [0.25, 0.3) is 0 Å². The Kier molecular flexibility index (Phi) is 4.66. The quantitative estimate of drug-likeness (QED) is 0.843. The first-order valence-electron chi connectivity index (χ1n) is 8.52. The zero-order valence-corrected chi connectivity index (χ0v) is 14.5. The number of nitrogens with zero attached hydrogens (tertiary/aromatic N) is 3. The van der Waals surface area contributed by atoms with Gasteiger partial charge in [0.2, 0.25) is 5.91 Å². The number of nitrogens with one attached hydrogen (secondary N) is 1. The lowest BCUT2D eigenvalue weighted by Gasteiger charge is -2.22. The molecule has 0 saturated heterocycles. The van der Waals surface area contributed by atoms with Crippen LogP contribution in [0, 0.1) is 11.8 Å². The van der Waals surface area contributed by atoms with Crippen LogP contribution in [0.15, 0.2) is 24.5 Å². The third-order valence-electron chi connectivity index (χ3n) is 4.80. The maximum Gasteiger partial charge on any atom is 0.227 e. The highest BCUT2D eigenvalue weighted by atomic mass is 16.1. The Labute approximate surface area is 142 Å². The Morgan fingerprint density at radius 2 is 2.17 bits per heavy atom. The Bertz CT molecular complexity index is 737. The van der Waals surface area contributed by atoms with Gasteiger partial charge in [0.1, 0.15) is 0 Å². The molecule has 2 bridgehead atoms. The molecule has 0 fully saturated rings. The zero-order chi connectivity index (χ0) is 17.3. The van der Waals surface area contributed by atoms with Crippen molar-refractivity contribution in [2.24, 2.45) is 24.6 Å². The van der Waals surface area contributed by atoms with E-state index < -0.39 is 0 Å². The van der Waals surface area contributed by atoms with Crippen molar-refractivity contribution in [3.63, 3.8) is 0 Å². The van der Waals surface area contributed by atoms with E-state index in [1.807, 2.05) is 19.2 Å². The third kappa shape index (κ3) is 3.19. The smallest absolute Gasteiger partial charge is 0.227 e. The van der Waals surface area contributed by atoms with Gasteiger partial charge in [-0.2, -0.15) is 5.10 Å². The molecule has 2 atom stereocenters. The first kappa shape index (κ1) is 16.6. The molecule has 3 rings (SSSR count). The lowest BCUT2D eigenvalue weighted by atomic mass is 9.88. The molecule has 0 saturated carbocycles. The molecule has 2 aromatic heterocycles. The summed E-state index contributed by atoms with van der Waals surface area (Å²) in [5.74, 6) is 0.305. The van der Waals surface area contributed by atoms with Crippen molar-refractivity contribution < 1.29 is 4.79 Å². The molecule has 24 heavy (non-hydrogen) atoms. The van der Waals surface area contributed by atoms with E-state index >= 15 is 0 Å². The fourth-order valence-electron chi connectivity index (χ4n) is 3.37. The minimum atomic E-state index is -0.114. The Hall–Kier alpha value is -2.21. The molecule has 6 nitrogen and oxygen atoms in total. The number of amides is 1. The van der Waals surface area contributed by atoms with E-state index in [1.54, 1.807) is 17.1 Å². The van der Waals surface area contributed by atoms with Gasteiger partial charge in [-0.05, 0) is 30.9 Å². The van der Waals surface area contributed by atoms with Crippen LogP contribution in [0.4, 0.5) is 5.69 Å². The monoisotopic (exact) mass is 327 g/mol. The van der Waals surface area contributed by atoms with E-state index in [0.29, 0.717) is 0 Å². The van der Waals surface area contributed by atoms with Crippen LogP contribution in [-0.2, 0) is 11.8 Å². The van der Waals surface area contributed by atoms with Crippen LogP contribution in [0.25, 0.3) is 11.3 Å². The molecule has 3 N–H and O–H groups in total. The van der Waals surface area contributed by atoms with Crippen LogP contribution in [-0.4, -0.2) is 20.7 Å². The normalized spacial score (nSPS) is 21.6. The fraction of sp³-hybridized carbons (Fsp3) is 0.500. The summed E-state index contributed by atoms with van der Waals surface area (Å²) in [5.41, 5.74) is 9.78. The maximum absolute atomic E-state index is 12.8. The molecule has 6 heteroatoms. The van der Waals surface area contributed by atoms with Gasteiger partial charge in [0.15, 0.2) is 0 Å². The van der Waals surface area contributed by atoms with Crippen molar-refractivity contribution in [3.8, 4) is 11.3 Å². The number of pyridine rings is 1. The number of anilines is 1. The van der Waals surface area contributed by atoms with Crippen molar-refractivity contribution in [3.05, 3.63) is 30.2 Å². The van der Waals surface area contributed by atoms with E-state index in [4.69, 9.17) is 5.73 Å². The predicted molar refractivity (Wildman–Crippen MR) is 94.2 cm³/mol. The van der Waals surface area contributed by atoms with Gasteiger partial charge in [0, 0.05) is 30.8 Å². The summed E-state index contributed by atoms with van der Waals surface area (Å²) in [6.07, 6.45) is 6.03. The van der Waals surface area contributed by atoms with Gasteiger partial charge in [-0.15, -0.1) is 0 Å². The van der Waals surface area contributed by atoms with Crippen LogP contribution in [0.3, 0.4) is 0 Å². The van der Waals surface area contributed by atoms with Gasteiger partial charge in [0.05, 0.1) is 23.3 Å².